The highest BCUT2D eigenvalue weighted by Crippen LogP contribution is 2.35. The van der Waals surface area contributed by atoms with Crippen LogP contribution in [0.4, 0.5) is 22.9 Å². The number of carbonyl (C=O) groups excluding carboxylic acids is 1. The number of anilines is 4. The third-order valence-electron chi connectivity index (χ3n) is 5.97. The van der Waals surface area contributed by atoms with Crippen LogP contribution >= 0.6 is 0 Å². The second-order valence-corrected chi connectivity index (χ2v) is 9.00. The molecule has 0 bridgehead atoms. The molecule has 2 heterocycles. The molecule has 1 fully saturated rings. The first kappa shape index (κ1) is 28.6. The molecule has 1 aliphatic rings. The molecule has 0 aliphatic carbocycles. The molecule has 1 aliphatic heterocycles. The number of piperidine rings is 1. The van der Waals surface area contributed by atoms with E-state index in [0.29, 0.717) is 30.2 Å². The Bertz CT molecular complexity index is 1080. The molecule has 3 rings (SSSR count). The number of benzene rings is 1. The van der Waals surface area contributed by atoms with Crippen LogP contribution in [0.2, 0.25) is 0 Å². The summed E-state index contributed by atoms with van der Waals surface area (Å²) in [6.45, 7) is 11.3. The summed E-state index contributed by atoms with van der Waals surface area (Å²) in [5.74, 6) is -0.0535. The van der Waals surface area contributed by atoms with Crippen LogP contribution in [0.5, 0.6) is 0 Å². The summed E-state index contributed by atoms with van der Waals surface area (Å²) >= 11 is 0. The van der Waals surface area contributed by atoms with Crippen molar-refractivity contribution in [3.8, 4) is 6.07 Å². The molecule has 1 aromatic heterocycles. The van der Waals surface area contributed by atoms with Crippen molar-refractivity contribution in [1.29, 1.82) is 10.7 Å². The molecule has 0 unspecified atom stereocenters. The lowest BCUT2D eigenvalue weighted by atomic mass is 9.94. The lowest BCUT2D eigenvalue weighted by molar-refractivity contribution is 0.0519. The average Bonchev–Trinajstić information content (AvgIpc) is 2.89. The van der Waals surface area contributed by atoms with E-state index in [9.17, 15) is 10.1 Å². The van der Waals surface area contributed by atoms with E-state index in [1.165, 1.54) is 0 Å². The summed E-state index contributed by atoms with van der Waals surface area (Å²) in [6.07, 6.45) is 1.49. The van der Waals surface area contributed by atoms with Crippen LogP contribution in [-0.4, -0.2) is 50.5 Å². The molecule has 0 spiro atoms. The van der Waals surface area contributed by atoms with Gasteiger partial charge in [-0.05, 0) is 49.9 Å². The minimum Gasteiger partial charge on any atom is -0.461 e. The third kappa shape index (κ3) is 6.97. The van der Waals surface area contributed by atoms with E-state index in [1.54, 1.807) is 13.0 Å². The second-order valence-electron chi connectivity index (χ2n) is 9.00. The highest BCUT2D eigenvalue weighted by Gasteiger charge is 2.28. The molecule has 1 saturated heterocycles. The van der Waals surface area contributed by atoms with Gasteiger partial charge in [0.15, 0.2) is 5.69 Å². The van der Waals surface area contributed by atoms with Crippen LogP contribution in [-0.2, 0) is 4.74 Å². The molecule has 0 amide bonds. The maximum absolute atomic E-state index is 12.7. The minimum atomic E-state index is -0.497. The molecule has 1 aromatic carbocycles. The number of pyridine rings is 1. The summed E-state index contributed by atoms with van der Waals surface area (Å²) in [7, 11) is 3.95. The van der Waals surface area contributed by atoms with Crippen molar-refractivity contribution in [2.24, 2.45) is 11.8 Å². The Labute approximate surface area is 215 Å². The maximum atomic E-state index is 12.7. The fourth-order valence-electron chi connectivity index (χ4n) is 3.98. The summed E-state index contributed by atoms with van der Waals surface area (Å²) in [6, 6.07) is 12.0. The molecule has 36 heavy (non-hydrogen) atoms. The maximum Gasteiger partial charge on any atom is 0.357 e. The lowest BCUT2D eigenvalue weighted by Gasteiger charge is -2.33. The van der Waals surface area contributed by atoms with Crippen molar-refractivity contribution >= 4 is 34.6 Å². The molecule has 0 atom stereocenters. The van der Waals surface area contributed by atoms with Crippen molar-refractivity contribution in [2.45, 2.75) is 47.5 Å². The van der Waals surface area contributed by atoms with Gasteiger partial charge in [-0.1, -0.05) is 33.8 Å². The van der Waals surface area contributed by atoms with Crippen molar-refractivity contribution in [2.75, 3.05) is 48.9 Å². The number of nitriles is 1. The van der Waals surface area contributed by atoms with E-state index in [1.807, 2.05) is 71.0 Å². The topological polar surface area (TPSA) is 105 Å². The van der Waals surface area contributed by atoms with Gasteiger partial charge in [0.2, 0.25) is 0 Å². The number of hydrogen-bond donors (Lipinski definition) is 2. The summed E-state index contributed by atoms with van der Waals surface area (Å²) in [5.41, 5.74) is 3.92. The van der Waals surface area contributed by atoms with Gasteiger partial charge in [-0.15, -0.1) is 0 Å². The molecular formula is C28H40N6O2. The fourth-order valence-corrected chi connectivity index (χ4v) is 3.98. The van der Waals surface area contributed by atoms with Crippen LogP contribution < -0.4 is 15.1 Å². The normalized spacial score (nSPS) is 13.4. The zero-order valence-electron chi connectivity index (χ0n) is 22.7. The van der Waals surface area contributed by atoms with Gasteiger partial charge >= 0.3 is 5.97 Å². The number of nitrogens with one attached hydrogen (secondary N) is 2. The van der Waals surface area contributed by atoms with Crippen molar-refractivity contribution in [3.05, 3.63) is 41.6 Å². The van der Waals surface area contributed by atoms with Gasteiger partial charge in [0.1, 0.15) is 5.82 Å². The number of esters is 1. The van der Waals surface area contributed by atoms with Gasteiger partial charge in [-0.25, -0.2) is 9.78 Å². The van der Waals surface area contributed by atoms with E-state index < -0.39 is 5.97 Å². The Hall–Kier alpha value is -3.60. The largest absolute Gasteiger partial charge is 0.461 e. The molecule has 8 nitrogen and oxygen atoms in total. The van der Waals surface area contributed by atoms with Gasteiger partial charge in [-0.2, -0.15) is 5.26 Å². The van der Waals surface area contributed by atoms with Crippen LogP contribution in [0, 0.1) is 28.6 Å². The van der Waals surface area contributed by atoms with Gasteiger partial charge in [0, 0.05) is 50.2 Å². The zero-order chi connectivity index (χ0) is 26.8. The number of hydrogen-bond acceptors (Lipinski definition) is 8. The van der Waals surface area contributed by atoms with Crippen molar-refractivity contribution < 1.29 is 9.53 Å². The summed E-state index contributed by atoms with van der Waals surface area (Å²) in [4.78, 5) is 21.5. The molecule has 194 valence electrons. The average molecular weight is 493 g/mol. The van der Waals surface area contributed by atoms with Gasteiger partial charge in [0.05, 0.1) is 23.9 Å². The number of rotatable bonds is 8. The first-order chi connectivity index (χ1) is 17.2. The zero-order valence-corrected chi connectivity index (χ0v) is 22.7. The van der Waals surface area contributed by atoms with Crippen molar-refractivity contribution in [1.82, 2.24) is 4.98 Å². The Morgan fingerprint density at radius 2 is 1.94 bits per heavy atom. The molecule has 0 radical (unpaired) electrons. The van der Waals surface area contributed by atoms with Crippen LogP contribution in [0.15, 0.2) is 30.3 Å². The SMILES string of the molecule is CC.CCOC(=O)c1cc(N2CCC(C#N)CC2)c(C(=N)C(C)C)c(Nc2cccc(N(C)C)c2)n1. The van der Waals surface area contributed by atoms with Crippen molar-refractivity contribution in [3.63, 3.8) is 0 Å². The van der Waals surface area contributed by atoms with E-state index in [4.69, 9.17) is 10.1 Å². The number of nitrogens with zero attached hydrogens (tertiary/aromatic N) is 4. The first-order valence-electron chi connectivity index (χ1n) is 12.7. The standard InChI is InChI=1S/C26H34N6O2.C2H6/c1-6-34-26(33)21-15-22(32-12-10-18(16-27)11-13-32)23(24(28)17(2)3)25(30-21)29-19-8-7-9-20(14-19)31(4)5;1-2/h7-9,14-15,17-18,28H,6,10-13H2,1-5H3,(H,29,30);1-2H3. The Morgan fingerprint density at radius 3 is 2.50 bits per heavy atom. The van der Waals surface area contributed by atoms with E-state index in [2.05, 4.69) is 21.3 Å². The quantitative estimate of drug-likeness (QED) is 0.351. The highest BCUT2D eigenvalue weighted by atomic mass is 16.5. The van der Waals surface area contributed by atoms with Crippen LogP contribution in [0.3, 0.4) is 0 Å². The number of ether oxygens (including phenoxy) is 1. The predicted octanol–water partition coefficient (Wildman–Crippen LogP) is 5.86. The molecular weight excluding hydrogens is 452 g/mol. The Balaban J connectivity index is 0.00000222. The fraction of sp³-hybridized carbons (Fsp3) is 0.500. The van der Waals surface area contributed by atoms with Gasteiger partial charge in [0.25, 0.3) is 0 Å². The predicted molar refractivity (Wildman–Crippen MR) is 148 cm³/mol. The lowest BCUT2D eigenvalue weighted by Crippen LogP contribution is -2.35. The molecule has 2 N–H and O–H groups in total. The smallest absolute Gasteiger partial charge is 0.357 e. The summed E-state index contributed by atoms with van der Waals surface area (Å²) in [5, 5.41) is 21.6. The van der Waals surface area contributed by atoms with Crippen LogP contribution in [0.25, 0.3) is 0 Å². The van der Waals surface area contributed by atoms with Crippen LogP contribution in [0.1, 0.15) is 63.5 Å². The van der Waals surface area contributed by atoms with E-state index in [0.717, 1.165) is 29.9 Å². The van der Waals surface area contributed by atoms with E-state index >= 15 is 0 Å². The molecule has 0 saturated carbocycles. The molecule has 2 aromatic rings. The first-order valence-corrected chi connectivity index (χ1v) is 12.7. The number of carbonyl (C=O) groups is 1. The second kappa shape index (κ2) is 13.5. The highest BCUT2D eigenvalue weighted by molar-refractivity contribution is 6.09. The number of aromatic nitrogens is 1. The van der Waals surface area contributed by atoms with E-state index in [-0.39, 0.29) is 24.1 Å². The molecule has 8 heteroatoms. The van der Waals surface area contributed by atoms with Gasteiger partial charge < -0.3 is 25.3 Å². The third-order valence-corrected chi connectivity index (χ3v) is 5.97. The Kier molecular flexibility index (Phi) is 10.7. The minimum absolute atomic E-state index is 0.0296. The summed E-state index contributed by atoms with van der Waals surface area (Å²) < 4.78 is 5.26. The Morgan fingerprint density at radius 1 is 1.28 bits per heavy atom. The van der Waals surface area contributed by atoms with Gasteiger partial charge in [-0.3, -0.25) is 0 Å². The monoisotopic (exact) mass is 492 g/mol.